The van der Waals surface area contributed by atoms with Gasteiger partial charge in [-0.05, 0) is 18.2 Å². The molecule has 1 aliphatic heterocycles. The van der Waals surface area contributed by atoms with E-state index in [-0.39, 0.29) is 5.70 Å². The molecule has 2 heterocycles. The predicted octanol–water partition coefficient (Wildman–Crippen LogP) is 1.21. The van der Waals surface area contributed by atoms with E-state index in [0.717, 1.165) is 29.5 Å². The second kappa shape index (κ2) is 6.71. The molecule has 0 bridgehead atoms. The van der Waals surface area contributed by atoms with Gasteiger partial charge in [0, 0.05) is 12.2 Å². The highest BCUT2D eigenvalue weighted by molar-refractivity contribution is 5.99. The van der Waals surface area contributed by atoms with E-state index in [9.17, 15) is 9.59 Å². The maximum absolute atomic E-state index is 11.8. The third-order valence-corrected chi connectivity index (χ3v) is 3.67. The number of fused-ring (bicyclic) bond motifs is 3. The normalized spacial score (nSPS) is 14.2. The molecular weight excluding hydrogens is 314 g/mol. The zero-order chi connectivity index (χ0) is 17.1. The average molecular weight is 331 g/mol. The Bertz CT molecular complexity index is 824. The Kier molecular flexibility index (Phi) is 4.48. The Morgan fingerprint density at radius 3 is 2.92 bits per heavy atom. The number of benzene rings is 1. The van der Waals surface area contributed by atoms with Crippen LogP contribution in [0, 0.1) is 0 Å². The van der Waals surface area contributed by atoms with E-state index in [2.05, 4.69) is 24.3 Å². The summed E-state index contributed by atoms with van der Waals surface area (Å²) in [6, 6.07) is 5.52. The van der Waals surface area contributed by atoms with Crippen LogP contribution in [0.3, 0.4) is 0 Å². The molecule has 1 aliphatic rings. The van der Waals surface area contributed by atoms with Crippen molar-refractivity contribution in [3.63, 3.8) is 0 Å². The largest absolute Gasteiger partial charge is 0.466 e. The monoisotopic (exact) mass is 331 g/mol. The van der Waals surface area contributed by atoms with E-state index in [1.54, 1.807) is 12.1 Å². The molecule has 8 nitrogen and oxygen atoms in total. The second-order valence-electron chi connectivity index (χ2n) is 5.13. The number of carbonyl (C=O) groups excluding carboxylic acids is 2. The lowest BCUT2D eigenvalue weighted by Gasteiger charge is -2.14. The summed E-state index contributed by atoms with van der Waals surface area (Å²) in [5.41, 5.74) is 2.37. The number of imidazole rings is 1. The van der Waals surface area contributed by atoms with Crippen molar-refractivity contribution in [1.29, 1.82) is 0 Å². The van der Waals surface area contributed by atoms with Crippen molar-refractivity contribution in [2.75, 3.05) is 26.1 Å². The summed E-state index contributed by atoms with van der Waals surface area (Å²) in [4.78, 5) is 27.7. The third kappa shape index (κ3) is 3.09. The number of esters is 2. The molecule has 3 rings (SSSR count). The summed E-state index contributed by atoms with van der Waals surface area (Å²) < 4.78 is 16.7. The minimum absolute atomic E-state index is 0.0176. The van der Waals surface area contributed by atoms with Gasteiger partial charge < -0.3 is 24.1 Å². The van der Waals surface area contributed by atoms with Crippen molar-refractivity contribution < 1.29 is 23.8 Å². The molecule has 1 N–H and O–H groups in total. The molecule has 8 heteroatoms. The summed E-state index contributed by atoms with van der Waals surface area (Å²) in [7, 11) is 2.47. The zero-order valence-corrected chi connectivity index (χ0v) is 13.4. The van der Waals surface area contributed by atoms with Crippen LogP contribution in [-0.2, 0) is 37.0 Å². The van der Waals surface area contributed by atoms with Crippen LogP contribution in [0.5, 0.6) is 0 Å². The fraction of sp³-hybridized carbons (Fsp3) is 0.312. The topological polar surface area (TPSA) is 91.7 Å². The van der Waals surface area contributed by atoms with Crippen LogP contribution in [0.4, 0.5) is 5.69 Å². The molecular formula is C16H17N3O5. The van der Waals surface area contributed by atoms with Crippen molar-refractivity contribution in [2.24, 2.45) is 0 Å². The molecule has 24 heavy (non-hydrogen) atoms. The van der Waals surface area contributed by atoms with Gasteiger partial charge in [0.2, 0.25) is 0 Å². The molecule has 0 radical (unpaired) electrons. The quantitative estimate of drug-likeness (QED) is 0.665. The summed E-state index contributed by atoms with van der Waals surface area (Å²) in [6.07, 6.45) is 1.04. The number of nitrogens with zero attached hydrogens (tertiary/aromatic N) is 2. The number of methoxy groups -OCH3 is 2. The van der Waals surface area contributed by atoms with E-state index >= 15 is 0 Å². The van der Waals surface area contributed by atoms with Gasteiger partial charge in [-0.15, -0.1) is 0 Å². The predicted molar refractivity (Wildman–Crippen MR) is 85.1 cm³/mol. The van der Waals surface area contributed by atoms with Gasteiger partial charge in [0.15, 0.2) is 0 Å². The standard InChI is InChI=1S/C16H17N3O5/c1-22-15(20)8-12(16(21)23-2)17-10-3-4-13-11(7-10)18-14-9-24-6-5-19(13)14/h3-4,7-8,17H,5-6,9H2,1-2H3/b12-8+. The Morgan fingerprint density at radius 2 is 2.17 bits per heavy atom. The van der Waals surface area contributed by atoms with Crippen LogP contribution in [0.1, 0.15) is 5.82 Å². The summed E-state index contributed by atoms with van der Waals surface area (Å²) >= 11 is 0. The molecule has 2 aromatic rings. The summed E-state index contributed by atoms with van der Waals surface area (Å²) in [5.74, 6) is -0.455. The SMILES string of the molecule is COC(=O)/C=C(/Nc1ccc2c(c1)nc1n2CCOC1)C(=O)OC. The van der Waals surface area contributed by atoms with E-state index in [4.69, 9.17) is 4.74 Å². The lowest BCUT2D eigenvalue weighted by molar-refractivity contribution is -0.138. The first kappa shape index (κ1) is 16.0. The Morgan fingerprint density at radius 1 is 1.33 bits per heavy atom. The number of hydrogen-bond acceptors (Lipinski definition) is 7. The van der Waals surface area contributed by atoms with Crippen LogP contribution in [-0.4, -0.2) is 42.3 Å². The van der Waals surface area contributed by atoms with Crippen LogP contribution in [0.25, 0.3) is 11.0 Å². The number of rotatable bonds is 4. The number of aromatic nitrogens is 2. The summed E-state index contributed by atoms with van der Waals surface area (Å²) in [5, 5.41) is 2.87. The van der Waals surface area contributed by atoms with E-state index in [1.807, 2.05) is 6.07 Å². The number of carbonyl (C=O) groups is 2. The molecule has 0 spiro atoms. The minimum atomic E-state index is -0.668. The second-order valence-corrected chi connectivity index (χ2v) is 5.13. The Balaban J connectivity index is 1.92. The molecule has 1 aromatic carbocycles. The van der Waals surface area contributed by atoms with E-state index < -0.39 is 11.9 Å². The first-order chi connectivity index (χ1) is 11.6. The molecule has 0 saturated carbocycles. The van der Waals surface area contributed by atoms with Crippen LogP contribution in [0.15, 0.2) is 30.0 Å². The van der Waals surface area contributed by atoms with Gasteiger partial charge >= 0.3 is 11.9 Å². The van der Waals surface area contributed by atoms with Crippen LogP contribution < -0.4 is 5.32 Å². The molecule has 0 fully saturated rings. The molecule has 0 unspecified atom stereocenters. The molecule has 1 aromatic heterocycles. The number of anilines is 1. The van der Waals surface area contributed by atoms with E-state index in [1.165, 1.54) is 14.2 Å². The van der Waals surface area contributed by atoms with Gasteiger partial charge in [-0.25, -0.2) is 14.6 Å². The minimum Gasteiger partial charge on any atom is -0.466 e. The van der Waals surface area contributed by atoms with Gasteiger partial charge in [0.25, 0.3) is 0 Å². The highest BCUT2D eigenvalue weighted by Crippen LogP contribution is 2.23. The van der Waals surface area contributed by atoms with Crippen LogP contribution in [0.2, 0.25) is 0 Å². The molecule has 126 valence electrons. The maximum atomic E-state index is 11.8. The van der Waals surface area contributed by atoms with Gasteiger partial charge in [-0.2, -0.15) is 0 Å². The Hall–Kier alpha value is -2.87. The van der Waals surface area contributed by atoms with Gasteiger partial charge in [0.1, 0.15) is 18.1 Å². The highest BCUT2D eigenvalue weighted by Gasteiger charge is 2.17. The molecule has 0 saturated heterocycles. The van der Waals surface area contributed by atoms with Crippen molar-refractivity contribution in [3.05, 3.63) is 35.8 Å². The molecule has 0 aliphatic carbocycles. The smallest absolute Gasteiger partial charge is 0.354 e. The van der Waals surface area contributed by atoms with Gasteiger partial charge in [0.05, 0.1) is 37.9 Å². The van der Waals surface area contributed by atoms with E-state index in [0.29, 0.717) is 18.9 Å². The molecule has 0 amide bonds. The Labute approximate surface area is 138 Å². The van der Waals surface area contributed by atoms with Crippen LogP contribution >= 0.6 is 0 Å². The summed E-state index contributed by atoms with van der Waals surface area (Å²) in [6.45, 7) is 1.90. The van der Waals surface area contributed by atoms with Gasteiger partial charge in [-0.1, -0.05) is 0 Å². The highest BCUT2D eigenvalue weighted by atomic mass is 16.5. The molecule has 0 atom stereocenters. The average Bonchev–Trinajstić information content (AvgIpc) is 2.98. The fourth-order valence-corrected chi connectivity index (χ4v) is 2.52. The maximum Gasteiger partial charge on any atom is 0.354 e. The number of ether oxygens (including phenoxy) is 3. The number of hydrogen-bond donors (Lipinski definition) is 1. The lowest BCUT2D eigenvalue weighted by Crippen LogP contribution is -2.16. The third-order valence-electron chi connectivity index (χ3n) is 3.67. The number of nitrogens with one attached hydrogen (secondary N) is 1. The van der Waals surface area contributed by atoms with Crippen molar-refractivity contribution in [1.82, 2.24) is 9.55 Å². The van der Waals surface area contributed by atoms with Gasteiger partial charge in [-0.3, -0.25) is 0 Å². The first-order valence-corrected chi connectivity index (χ1v) is 7.34. The fourth-order valence-electron chi connectivity index (χ4n) is 2.52. The van der Waals surface area contributed by atoms with Crippen molar-refractivity contribution in [3.8, 4) is 0 Å². The lowest BCUT2D eigenvalue weighted by atomic mass is 10.2. The zero-order valence-electron chi connectivity index (χ0n) is 13.4. The first-order valence-electron chi connectivity index (χ1n) is 7.34. The van der Waals surface area contributed by atoms with Crippen molar-refractivity contribution in [2.45, 2.75) is 13.2 Å². The van der Waals surface area contributed by atoms with Crippen molar-refractivity contribution >= 4 is 28.7 Å².